The van der Waals surface area contributed by atoms with Crippen molar-refractivity contribution in [2.75, 3.05) is 31.3 Å². The van der Waals surface area contributed by atoms with Crippen LogP contribution in [0.2, 0.25) is 5.02 Å². The zero-order valence-electron chi connectivity index (χ0n) is 20.9. The largest absolute Gasteiger partial charge is 0.379 e. The van der Waals surface area contributed by atoms with Gasteiger partial charge in [0.15, 0.2) is 0 Å². The zero-order valence-corrected chi connectivity index (χ0v) is 21.7. The number of amidine groups is 1. The summed E-state index contributed by atoms with van der Waals surface area (Å²) < 4.78 is 5.40. The number of hydrogen-bond acceptors (Lipinski definition) is 6. The van der Waals surface area contributed by atoms with E-state index >= 15 is 0 Å². The summed E-state index contributed by atoms with van der Waals surface area (Å²) in [5.74, 6) is 2.24. The molecule has 2 atom stereocenters. The van der Waals surface area contributed by atoms with Gasteiger partial charge in [0.1, 0.15) is 11.9 Å². The number of halogens is 1. The molecule has 3 aliphatic heterocycles. The standard InChI is InChI=1S/C28H36ClN5O2/c29-24-13-23(6-5-20(24)17-30)34-25(19-3-1-2-4-19)14-26(32-34)33-10-8-28(9-11-33)15-21(16-28)27(35)31-22-7-12-36-18-22/h5-6,13,19,21-22,25H,1-4,7-12,14-16,18H2,(H,31,35). The van der Waals surface area contributed by atoms with E-state index in [-0.39, 0.29) is 17.9 Å². The molecule has 1 amide bonds. The van der Waals surface area contributed by atoms with Gasteiger partial charge in [0.05, 0.1) is 35.0 Å². The number of anilines is 1. The number of piperidine rings is 1. The summed E-state index contributed by atoms with van der Waals surface area (Å²) in [4.78, 5) is 15.1. The second kappa shape index (κ2) is 9.87. The van der Waals surface area contributed by atoms with Gasteiger partial charge in [-0.1, -0.05) is 24.4 Å². The van der Waals surface area contributed by atoms with Gasteiger partial charge in [-0.15, -0.1) is 0 Å². The van der Waals surface area contributed by atoms with Gasteiger partial charge < -0.3 is 15.0 Å². The highest BCUT2D eigenvalue weighted by Crippen LogP contribution is 2.53. The van der Waals surface area contributed by atoms with Gasteiger partial charge in [-0.2, -0.15) is 10.4 Å². The average molecular weight is 510 g/mol. The summed E-state index contributed by atoms with van der Waals surface area (Å²) in [5.41, 5.74) is 1.82. The number of nitriles is 1. The van der Waals surface area contributed by atoms with Crippen LogP contribution in [0, 0.1) is 28.6 Å². The molecule has 3 heterocycles. The smallest absolute Gasteiger partial charge is 0.223 e. The molecule has 1 aromatic carbocycles. The third-order valence-corrected chi connectivity index (χ3v) is 9.72. The highest BCUT2D eigenvalue weighted by Gasteiger charge is 2.49. The fourth-order valence-electron chi connectivity index (χ4n) is 7.19. The van der Waals surface area contributed by atoms with Crippen LogP contribution in [-0.2, 0) is 9.53 Å². The van der Waals surface area contributed by atoms with Crippen LogP contribution < -0.4 is 10.3 Å². The molecular formula is C28H36ClN5O2. The summed E-state index contributed by atoms with van der Waals surface area (Å²) in [6, 6.07) is 8.42. The molecule has 36 heavy (non-hydrogen) atoms. The summed E-state index contributed by atoms with van der Waals surface area (Å²) >= 11 is 6.39. The first-order valence-electron chi connectivity index (χ1n) is 13.7. The van der Waals surface area contributed by atoms with Crippen LogP contribution in [-0.4, -0.2) is 55.0 Å². The Bertz CT molecular complexity index is 1060. The van der Waals surface area contributed by atoms with Gasteiger partial charge in [0.25, 0.3) is 0 Å². The normalized spacial score (nSPS) is 28.3. The predicted octanol–water partition coefficient (Wildman–Crippen LogP) is 4.69. The van der Waals surface area contributed by atoms with E-state index in [0.29, 0.717) is 34.6 Å². The molecule has 1 aromatic rings. The minimum atomic E-state index is 0.171. The minimum absolute atomic E-state index is 0.171. The fourth-order valence-corrected chi connectivity index (χ4v) is 7.40. The third-order valence-electron chi connectivity index (χ3n) is 9.41. The molecule has 7 nitrogen and oxygen atoms in total. The lowest BCUT2D eigenvalue weighted by Crippen LogP contribution is -2.53. The second-order valence-electron chi connectivity index (χ2n) is 11.6. The van der Waals surface area contributed by atoms with E-state index in [1.165, 1.54) is 31.5 Å². The Morgan fingerprint density at radius 3 is 2.64 bits per heavy atom. The molecule has 2 saturated heterocycles. The molecule has 5 aliphatic rings. The van der Waals surface area contributed by atoms with Gasteiger partial charge in [-0.3, -0.25) is 9.80 Å². The molecule has 0 bridgehead atoms. The number of carbonyl (C=O) groups excluding carboxylic acids is 1. The van der Waals surface area contributed by atoms with Crippen molar-refractivity contribution >= 4 is 29.0 Å². The Morgan fingerprint density at radius 1 is 1.19 bits per heavy atom. The highest BCUT2D eigenvalue weighted by molar-refractivity contribution is 6.32. The lowest BCUT2D eigenvalue weighted by Gasteiger charge is -2.52. The Balaban J connectivity index is 1.09. The summed E-state index contributed by atoms with van der Waals surface area (Å²) in [7, 11) is 0. The molecule has 0 aromatic heterocycles. The second-order valence-corrected chi connectivity index (χ2v) is 12.0. The number of likely N-dealkylation sites (tertiary alicyclic amines) is 1. The lowest BCUT2D eigenvalue weighted by atomic mass is 9.57. The molecule has 6 rings (SSSR count). The first kappa shape index (κ1) is 24.1. The van der Waals surface area contributed by atoms with Gasteiger partial charge in [0, 0.05) is 32.0 Å². The van der Waals surface area contributed by atoms with Crippen LogP contribution in [0.3, 0.4) is 0 Å². The number of ether oxygens (including phenoxy) is 1. The molecular weight excluding hydrogens is 474 g/mol. The molecule has 2 unspecified atom stereocenters. The van der Waals surface area contributed by atoms with E-state index in [0.717, 1.165) is 63.9 Å². The van der Waals surface area contributed by atoms with Crippen LogP contribution in [0.15, 0.2) is 23.3 Å². The van der Waals surface area contributed by atoms with Gasteiger partial charge in [-0.05, 0) is 74.5 Å². The molecule has 192 valence electrons. The predicted molar refractivity (Wildman–Crippen MR) is 140 cm³/mol. The number of rotatable bonds is 4. The van der Waals surface area contributed by atoms with Gasteiger partial charge >= 0.3 is 0 Å². The quantitative estimate of drug-likeness (QED) is 0.636. The number of nitrogens with one attached hydrogen (secondary N) is 1. The molecule has 1 spiro atoms. The molecule has 2 aliphatic carbocycles. The molecule has 1 N–H and O–H groups in total. The van der Waals surface area contributed by atoms with Crippen LogP contribution >= 0.6 is 11.6 Å². The molecule has 0 radical (unpaired) electrons. The van der Waals surface area contributed by atoms with E-state index < -0.39 is 0 Å². The highest BCUT2D eigenvalue weighted by atomic mass is 35.5. The van der Waals surface area contributed by atoms with Crippen molar-refractivity contribution < 1.29 is 9.53 Å². The van der Waals surface area contributed by atoms with Crippen molar-refractivity contribution in [3.05, 3.63) is 28.8 Å². The first-order valence-corrected chi connectivity index (χ1v) is 14.1. The number of nitrogens with zero attached hydrogens (tertiary/aromatic N) is 4. The van der Waals surface area contributed by atoms with E-state index in [1.807, 2.05) is 18.2 Å². The van der Waals surface area contributed by atoms with E-state index in [9.17, 15) is 10.1 Å². The molecule has 2 saturated carbocycles. The van der Waals surface area contributed by atoms with E-state index in [4.69, 9.17) is 21.4 Å². The Hall–Kier alpha value is -2.30. The first-order chi connectivity index (χ1) is 17.5. The zero-order chi connectivity index (χ0) is 24.7. The minimum Gasteiger partial charge on any atom is -0.379 e. The fraction of sp³-hybridized carbons (Fsp3) is 0.679. The summed E-state index contributed by atoms with van der Waals surface area (Å²) in [6.07, 6.45) is 11.3. The van der Waals surface area contributed by atoms with Crippen molar-refractivity contribution in [3.63, 3.8) is 0 Å². The third kappa shape index (κ3) is 4.59. The SMILES string of the molecule is N#Cc1ccc(N2N=C(N3CCC4(CC3)CC(C(=O)NC3CCOC3)C4)CC2C2CCCC2)cc1Cl. The number of carbonyl (C=O) groups is 1. The van der Waals surface area contributed by atoms with Crippen LogP contribution in [0.4, 0.5) is 5.69 Å². The van der Waals surface area contributed by atoms with Crippen molar-refractivity contribution in [1.82, 2.24) is 10.2 Å². The number of amides is 1. The Kier molecular flexibility index (Phi) is 6.60. The topological polar surface area (TPSA) is 81.0 Å². The average Bonchev–Trinajstić information content (AvgIpc) is 3.64. The summed E-state index contributed by atoms with van der Waals surface area (Å²) in [6.45, 7) is 3.46. The van der Waals surface area contributed by atoms with Crippen molar-refractivity contribution in [2.45, 2.75) is 76.3 Å². The summed E-state index contributed by atoms with van der Waals surface area (Å²) in [5, 5.41) is 20.3. The Labute approximate surface area is 218 Å². The number of hydrazone groups is 1. The molecule has 8 heteroatoms. The molecule has 4 fully saturated rings. The van der Waals surface area contributed by atoms with Crippen LogP contribution in [0.1, 0.15) is 69.8 Å². The number of benzene rings is 1. The van der Waals surface area contributed by atoms with Crippen molar-refractivity contribution in [2.24, 2.45) is 22.4 Å². The van der Waals surface area contributed by atoms with Crippen LogP contribution in [0.25, 0.3) is 0 Å². The van der Waals surface area contributed by atoms with Crippen LogP contribution in [0.5, 0.6) is 0 Å². The number of hydrogen-bond donors (Lipinski definition) is 1. The maximum Gasteiger partial charge on any atom is 0.223 e. The maximum absolute atomic E-state index is 12.6. The van der Waals surface area contributed by atoms with E-state index in [2.05, 4.69) is 21.3 Å². The monoisotopic (exact) mass is 509 g/mol. The van der Waals surface area contributed by atoms with Crippen molar-refractivity contribution in [1.29, 1.82) is 5.26 Å². The Morgan fingerprint density at radius 2 is 1.97 bits per heavy atom. The maximum atomic E-state index is 12.6. The van der Waals surface area contributed by atoms with Gasteiger partial charge in [-0.25, -0.2) is 0 Å². The van der Waals surface area contributed by atoms with Crippen molar-refractivity contribution in [3.8, 4) is 6.07 Å². The van der Waals surface area contributed by atoms with E-state index in [1.54, 1.807) is 0 Å². The lowest BCUT2D eigenvalue weighted by molar-refractivity contribution is -0.135. The van der Waals surface area contributed by atoms with Gasteiger partial charge in [0.2, 0.25) is 5.91 Å².